The predicted octanol–water partition coefficient (Wildman–Crippen LogP) is 1.98. The van der Waals surface area contributed by atoms with E-state index >= 15 is 0 Å². The molecular formula is C11H9BrN4O4. The van der Waals surface area contributed by atoms with Crippen LogP contribution < -0.4 is 5.32 Å². The van der Waals surface area contributed by atoms with E-state index in [4.69, 9.17) is 4.52 Å². The quantitative estimate of drug-likeness (QED) is 0.672. The average molecular weight is 341 g/mol. The monoisotopic (exact) mass is 340 g/mol. The fraction of sp³-hybridized carbons (Fsp3) is 0.182. The van der Waals surface area contributed by atoms with Crippen LogP contribution in [-0.2, 0) is 6.54 Å². The first-order valence-electron chi connectivity index (χ1n) is 5.48. The van der Waals surface area contributed by atoms with Crippen LogP contribution in [0.25, 0.3) is 0 Å². The van der Waals surface area contributed by atoms with Crippen molar-refractivity contribution in [1.82, 2.24) is 15.5 Å². The van der Waals surface area contributed by atoms with Gasteiger partial charge in [-0.2, -0.15) is 4.98 Å². The van der Waals surface area contributed by atoms with E-state index in [1.54, 1.807) is 6.92 Å². The van der Waals surface area contributed by atoms with E-state index < -0.39 is 10.8 Å². The summed E-state index contributed by atoms with van der Waals surface area (Å²) >= 11 is 3.05. The highest BCUT2D eigenvalue weighted by molar-refractivity contribution is 9.10. The van der Waals surface area contributed by atoms with Crippen LogP contribution in [0.1, 0.15) is 22.1 Å². The summed E-state index contributed by atoms with van der Waals surface area (Å²) in [5.41, 5.74) is 0.00224. The number of hydrogen-bond acceptors (Lipinski definition) is 6. The zero-order valence-electron chi connectivity index (χ0n) is 10.3. The standard InChI is InChI=1S/C11H9BrN4O4/c1-6-14-10(20-15-6)5-13-11(17)7-2-3-8(12)9(4-7)16(18)19/h2-4H,5H2,1H3,(H,13,17). The molecule has 0 atom stereocenters. The van der Waals surface area contributed by atoms with Gasteiger partial charge < -0.3 is 9.84 Å². The maximum Gasteiger partial charge on any atom is 0.284 e. The van der Waals surface area contributed by atoms with Gasteiger partial charge in [0, 0.05) is 11.6 Å². The van der Waals surface area contributed by atoms with Gasteiger partial charge in [0.1, 0.15) is 0 Å². The molecule has 9 heteroatoms. The lowest BCUT2D eigenvalue weighted by Gasteiger charge is -2.03. The molecule has 1 aromatic carbocycles. The van der Waals surface area contributed by atoms with Gasteiger partial charge in [-0.05, 0) is 35.0 Å². The van der Waals surface area contributed by atoms with Gasteiger partial charge in [-0.1, -0.05) is 5.16 Å². The summed E-state index contributed by atoms with van der Waals surface area (Å²) in [4.78, 5) is 26.0. The number of carbonyl (C=O) groups is 1. The summed E-state index contributed by atoms with van der Waals surface area (Å²) in [6.45, 7) is 1.72. The number of halogens is 1. The third kappa shape index (κ3) is 3.18. The largest absolute Gasteiger partial charge is 0.343 e. The summed E-state index contributed by atoms with van der Waals surface area (Å²) in [5.74, 6) is 0.271. The minimum Gasteiger partial charge on any atom is -0.343 e. The summed E-state index contributed by atoms with van der Waals surface area (Å²) < 4.78 is 5.15. The number of hydrogen-bond donors (Lipinski definition) is 1. The van der Waals surface area contributed by atoms with Crippen molar-refractivity contribution >= 4 is 27.5 Å². The lowest BCUT2D eigenvalue weighted by molar-refractivity contribution is -0.385. The molecule has 0 radical (unpaired) electrons. The van der Waals surface area contributed by atoms with Gasteiger partial charge in [0.25, 0.3) is 11.6 Å². The number of amides is 1. The molecule has 0 spiro atoms. The van der Waals surface area contributed by atoms with Crippen LogP contribution in [0.4, 0.5) is 5.69 Å². The number of nitro groups is 1. The van der Waals surface area contributed by atoms with Gasteiger partial charge in [0.05, 0.1) is 15.9 Å². The van der Waals surface area contributed by atoms with E-state index in [-0.39, 0.29) is 23.7 Å². The van der Waals surface area contributed by atoms with Gasteiger partial charge in [0.2, 0.25) is 5.89 Å². The maximum absolute atomic E-state index is 11.9. The van der Waals surface area contributed by atoms with Crippen LogP contribution in [0.5, 0.6) is 0 Å². The van der Waals surface area contributed by atoms with Crippen LogP contribution in [0.3, 0.4) is 0 Å². The smallest absolute Gasteiger partial charge is 0.284 e. The van der Waals surface area contributed by atoms with Gasteiger partial charge in [-0.25, -0.2) is 0 Å². The van der Waals surface area contributed by atoms with Crippen molar-refractivity contribution in [1.29, 1.82) is 0 Å². The molecule has 1 amide bonds. The maximum atomic E-state index is 11.9. The zero-order chi connectivity index (χ0) is 14.7. The molecule has 0 aliphatic carbocycles. The van der Waals surface area contributed by atoms with Crippen molar-refractivity contribution in [2.75, 3.05) is 0 Å². The average Bonchev–Trinajstić information content (AvgIpc) is 2.82. The molecule has 2 aromatic rings. The van der Waals surface area contributed by atoms with Gasteiger partial charge in [-0.3, -0.25) is 14.9 Å². The Morgan fingerprint density at radius 2 is 2.30 bits per heavy atom. The number of nitrogens with one attached hydrogen (secondary N) is 1. The minimum absolute atomic E-state index is 0.0591. The fourth-order valence-corrected chi connectivity index (χ4v) is 1.86. The highest BCUT2D eigenvalue weighted by Crippen LogP contribution is 2.25. The van der Waals surface area contributed by atoms with Gasteiger partial charge >= 0.3 is 0 Å². The van der Waals surface area contributed by atoms with E-state index in [2.05, 4.69) is 31.4 Å². The molecule has 0 saturated carbocycles. The van der Waals surface area contributed by atoms with E-state index in [0.717, 1.165) is 0 Å². The summed E-state index contributed by atoms with van der Waals surface area (Å²) in [6.07, 6.45) is 0. The molecule has 0 saturated heterocycles. The molecule has 0 bridgehead atoms. The number of carbonyl (C=O) groups excluding carboxylic acids is 1. The van der Waals surface area contributed by atoms with Crippen LogP contribution in [0.2, 0.25) is 0 Å². The Morgan fingerprint density at radius 1 is 1.55 bits per heavy atom. The molecule has 1 heterocycles. The van der Waals surface area contributed by atoms with Crippen molar-refractivity contribution in [3.8, 4) is 0 Å². The SMILES string of the molecule is Cc1noc(CNC(=O)c2ccc(Br)c([N+](=O)[O-])c2)n1. The van der Waals surface area contributed by atoms with E-state index in [0.29, 0.717) is 10.3 Å². The summed E-state index contributed by atoms with van der Waals surface area (Å²) in [6, 6.07) is 4.12. The van der Waals surface area contributed by atoms with E-state index in [1.165, 1.54) is 18.2 Å². The molecule has 0 aliphatic heterocycles. The molecule has 1 aromatic heterocycles. The number of nitrogens with zero attached hydrogens (tertiary/aromatic N) is 3. The van der Waals surface area contributed by atoms with E-state index in [1.807, 2.05) is 0 Å². The second kappa shape index (κ2) is 5.78. The van der Waals surface area contributed by atoms with Gasteiger partial charge in [-0.15, -0.1) is 0 Å². The molecule has 0 fully saturated rings. The highest BCUT2D eigenvalue weighted by atomic mass is 79.9. The summed E-state index contributed by atoms with van der Waals surface area (Å²) in [5, 5.41) is 16.9. The molecule has 1 N–H and O–H groups in total. The Bertz CT molecular complexity index is 670. The molecule has 104 valence electrons. The first kappa shape index (κ1) is 14.1. The summed E-state index contributed by atoms with van der Waals surface area (Å²) in [7, 11) is 0. The van der Waals surface area contributed by atoms with Crippen molar-refractivity contribution in [3.05, 3.63) is 50.1 Å². The first-order chi connectivity index (χ1) is 9.47. The Balaban J connectivity index is 2.09. The Kier molecular flexibility index (Phi) is 4.08. The van der Waals surface area contributed by atoms with Crippen LogP contribution >= 0.6 is 15.9 Å². The van der Waals surface area contributed by atoms with Crippen molar-refractivity contribution in [2.24, 2.45) is 0 Å². The number of nitro benzene ring substituents is 1. The Hall–Kier alpha value is -2.29. The van der Waals surface area contributed by atoms with Crippen molar-refractivity contribution in [3.63, 3.8) is 0 Å². The number of benzene rings is 1. The lowest BCUT2D eigenvalue weighted by atomic mass is 10.2. The van der Waals surface area contributed by atoms with Crippen molar-refractivity contribution < 1.29 is 14.2 Å². The molecule has 0 aliphatic rings. The number of aryl methyl sites for hydroxylation is 1. The third-order valence-electron chi connectivity index (χ3n) is 2.37. The molecular weight excluding hydrogens is 332 g/mol. The molecule has 2 rings (SSSR count). The van der Waals surface area contributed by atoms with Crippen LogP contribution in [-0.4, -0.2) is 21.0 Å². The first-order valence-corrected chi connectivity index (χ1v) is 6.28. The Labute approximate surface area is 121 Å². The zero-order valence-corrected chi connectivity index (χ0v) is 11.9. The fourth-order valence-electron chi connectivity index (χ4n) is 1.46. The minimum atomic E-state index is -0.567. The highest BCUT2D eigenvalue weighted by Gasteiger charge is 2.16. The van der Waals surface area contributed by atoms with Crippen LogP contribution in [0.15, 0.2) is 27.2 Å². The van der Waals surface area contributed by atoms with Crippen molar-refractivity contribution in [2.45, 2.75) is 13.5 Å². The normalized spacial score (nSPS) is 10.3. The molecule has 0 unspecified atom stereocenters. The second-order valence-electron chi connectivity index (χ2n) is 3.84. The number of rotatable bonds is 4. The topological polar surface area (TPSA) is 111 Å². The third-order valence-corrected chi connectivity index (χ3v) is 3.05. The lowest BCUT2D eigenvalue weighted by Crippen LogP contribution is -2.23. The predicted molar refractivity (Wildman–Crippen MR) is 71.0 cm³/mol. The molecule has 20 heavy (non-hydrogen) atoms. The van der Waals surface area contributed by atoms with Crippen LogP contribution in [0, 0.1) is 17.0 Å². The molecule has 8 nitrogen and oxygen atoms in total. The Morgan fingerprint density at radius 3 is 2.90 bits per heavy atom. The van der Waals surface area contributed by atoms with E-state index in [9.17, 15) is 14.9 Å². The second-order valence-corrected chi connectivity index (χ2v) is 4.70. The number of aromatic nitrogens is 2. The van der Waals surface area contributed by atoms with Gasteiger partial charge in [0.15, 0.2) is 5.82 Å².